The predicted octanol–water partition coefficient (Wildman–Crippen LogP) is 1.24. The molecule has 0 radical (unpaired) electrons. The van der Waals surface area contributed by atoms with Crippen LogP contribution in [0.2, 0.25) is 0 Å². The molecule has 1 saturated carbocycles. The van der Waals surface area contributed by atoms with E-state index in [0.29, 0.717) is 30.8 Å². The Labute approximate surface area is 131 Å². The third-order valence-electron chi connectivity index (χ3n) is 4.52. The number of hydrogen-bond acceptors (Lipinski definition) is 7. The summed E-state index contributed by atoms with van der Waals surface area (Å²) in [4.78, 5) is 6.57. The van der Waals surface area contributed by atoms with E-state index in [4.69, 9.17) is 0 Å². The van der Waals surface area contributed by atoms with Crippen molar-refractivity contribution in [2.75, 3.05) is 28.3 Å². The normalized spacial score (nSPS) is 24.5. The molecular formula is C14H23N5O2S. The third kappa shape index (κ3) is 3.48. The van der Waals surface area contributed by atoms with E-state index < -0.39 is 9.84 Å². The first-order chi connectivity index (χ1) is 10.6. The van der Waals surface area contributed by atoms with E-state index in [1.54, 1.807) is 6.20 Å². The maximum Gasteiger partial charge on any atom is 0.244 e. The second kappa shape index (κ2) is 6.36. The Balaban J connectivity index is 1.74. The topological polar surface area (TPSA) is 88.1 Å². The Bertz CT molecular complexity index is 615. The molecule has 22 heavy (non-hydrogen) atoms. The van der Waals surface area contributed by atoms with Gasteiger partial charge in [0.15, 0.2) is 15.7 Å². The molecule has 2 heterocycles. The van der Waals surface area contributed by atoms with E-state index in [9.17, 15) is 8.42 Å². The van der Waals surface area contributed by atoms with Gasteiger partial charge in [-0.3, -0.25) is 0 Å². The van der Waals surface area contributed by atoms with E-state index in [1.807, 2.05) is 11.8 Å². The Kier molecular flexibility index (Phi) is 4.46. The fourth-order valence-corrected chi connectivity index (χ4v) is 5.11. The predicted molar refractivity (Wildman–Crippen MR) is 85.8 cm³/mol. The highest BCUT2D eigenvalue weighted by Gasteiger charge is 2.32. The molecule has 0 amide bonds. The zero-order chi connectivity index (χ0) is 15.6. The molecule has 1 aromatic rings. The van der Waals surface area contributed by atoms with E-state index in [1.165, 1.54) is 12.8 Å². The molecular weight excluding hydrogens is 302 g/mol. The van der Waals surface area contributed by atoms with Crippen LogP contribution in [-0.2, 0) is 9.84 Å². The molecule has 0 bridgehead atoms. The molecule has 1 aliphatic carbocycles. The van der Waals surface area contributed by atoms with Crippen LogP contribution in [0.1, 0.15) is 39.0 Å². The molecule has 1 unspecified atom stereocenters. The first kappa shape index (κ1) is 15.5. The van der Waals surface area contributed by atoms with Crippen LogP contribution < -0.4 is 10.2 Å². The minimum absolute atomic E-state index is 0.00831. The number of aromatic nitrogens is 3. The smallest absolute Gasteiger partial charge is 0.244 e. The number of hydrogen-bond donors (Lipinski definition) is 1. The van der Waals surface area contributed by atoms with Crippen LogP contribution in [0.5, 0.6) is 0 Å². The maximum absolute atomic E-state index is 11.7. The van der Waals surface area contributed by atoms with Gasteiger partial charge in [0.2, 0.25) is 5.95 Å². The summed E-state index contributed by atoms with van der Waals surface area (Å²) < 4.78 is 23.4. The average molecular weight is 325 g/mol. The van der Waals surface area contributed by atoms with E-state index in [-0.39, 0.29) is 17.5 Å². The Hall–Kier alpha value is -1.44. The molecule has 3 rings (SSSR count). The van der Waals surface area contributed by atoms with Crippen LogP contribution in [0.25, 0.3) is 0 Å². The summed E-state index contributed by atoms with van der Waals surface area (Å²) in [5.74, 6) is 1.72. The number of nitrogens with zero attached hydrogens (tertiary/aromatic N) is 4. The van der Waals surface area contributed by atoms with Gasteiger partial charge in [0.05, 0.1) is 17.7 Å². The minimum atomic E-state index is -2.91. The van der Waals surface area contributed by atoms with Crippen molar-refractivity contribution in [2.45, 2.75) is 51.1 Å². The maximum atomic E-state index is 11.7. The Morgan fingerprint density at radius 3 is 2.73 bits per heavy atom. The average Bonchev–Trinajstić information content (AvgIpc) is 3.10. The zero-order valence-electron chi connectivity index (χ0n) is 12.9. The minimum Gasteiger partial charge on any atom is -0.351 e. The standard InChI is InChI=1S/C14H23N5O2S/c1-2-19(12-7-8-22(20,21)10-12)13-9-15-18-14(17-13)16-11-5-3-4-6-11/h9,11-12H,2-8,10H2,1H3,(H,16,17,18). The van der Waals surface area contributed by atoms with Crippen LogP contribution in [0.4, 0.5) is 11.8 Å². The second-order valence-electron chi connectivity index (χ2n) is 6.11. The summed E-state index contributed by atoms with van der Waals surface area (Å²) in [7, 11) is -2.91. The molecule has 8 heteroatoms. The molecule has 7 nitrogen and oxygen atoms in total. The third-order valence-corrected chi connectivity index (χ3v) is 6.27. The van der Waals surface area contributed by atoms with Gasteiger partial charge in [0, 0.05) is 18.6 Å². The van der Waals surface area contributed by atoms with Crippen molar-refractivity contribution < 1.29 is 8.42 Å². The van der Waals surface area contributed by atoms with Crippen molar-refractivity contribution >= 4 is 21.6 Å². The molecule has 2 fully saturated rings. The largest absolute Gasteiger partial charge is 0.351 e. The van der Waals surface area contributed by atoms with Gasteiger partial charge in [-0.2, -0.15) is 10.1 Å². The van der Waals surface area contributed by atoms with E-state index in [2.05, 4.69) is 20.5 Å². The van der Waals surface area contributed by atoms with Crippen molar-refractivity contribution in [3.8, 4) is 0 Å². The van der Waals surface area contributed by atoms with Crippen LogP contribution >= 0.6 is 0 Å². The van der Waals surface area contributed by atoms with Crippen LogP contribution in [-0.4, -0.2) is 53.7 Å². The van der Waals surface area contributed by atoms with Gasteiger partial charge < -0.3 is 10.2 Å². The summed E-state index contributed by atoms with van der Waals surface area (Å²) in [6.07, 6.45) is 7.05. The summed E-state index contributed by atoms with van der Waals surface area (Å²) in [6.45, 7) is 2.72. The Morgan fingerprint density at radius 2 is 2.09 bits per heavy atom. The lowest BCUT2D eigenvalue weighted by Gasteiger charge is -2.27. The SMILES string of the molecule is CCN(c1cnnc(NC2CCCC2)n1)C1CCS(=O)(=O)C1. The van der Waals surface area contributed by atoms with Crippen molar-refractivity contribution in [3.63, 3.8) is 0 Å². The first-order valence-corrected chi connectivity index (χ1v) is 9.83. The van der Waals surface area contributed by atoms with Crippen molar-refractivity contribution in [1.82, 2.24) is 15.2 Å². The van der Waals surface area contributed by atoms with Gasteiger partial charge in [-0.1, -0.05) is 12.8 Å². The number of sulfone groups is 1. The quantitative estimate of drug-likeness (QED) is 0.871. The fraction of sp³-hybridized carbons (Fsp3) is 0.786. The Morgan fingerprint density at radius 1 is 1.32 bits per heavy atom. The van der Waals surface area contributed by atoms with E-state index in [0.717, 1.165) is 12.8 Å². The molecule has 1 saturated heterocycles. The lowest BCUT2D eigenvalue weighted by Crippen LogP contribution is -2.37. The number of rotatable bonds is 5. The van der Waals surface area contributed by atoms with E-state index >= 15 is 0 Å². The molecule has 1 aliphatic heterocycles. The monoisotopic (exact) mass is 325 g/mol. The zero-order valence-corrected chi connectivity index (χ0v) is 13.7. The highest BCUT2D eigenvalue weighted by Crippen LogP contribution is 2.24. The van der Waals surface area contributed by atoms with Gasteiger partial charge >= 0.3 is 0 Å². The summed E-state index contributed by atoms with van der Waals surface area (Å²) in [5.41, 5.74) is 0. The van der Waals surface area contributed by atoms with Gasteiger partial charge in [0.25, 0.3) is 0 Å². The number of nitrogens with one attached hydrogen (secondary N) is 1. The van der Waals surface area contributed by atoms with Gasteiger partial charge in [-0.25, -0.2) is 8.42 Å². The molecule has 1 atom stereocenters. The molecule has 0 spiro atoms. The van der Waals surface area contributed by atoms with Crippen LogP contribution in [0, 0.1) is 0 Å². The summed E-state index contributed by atoms with van der Waals surface area (Å²) >= 11 is 0. The summed E-state index contributed by atoms with van der Waals surface area (Å²) in [6, 6.07) is 0.421. The highest BCUT2D eigenvalue weighted by molar-refractivity contribution is 7.91. The van der Waals surface area contributed by atoms with Crippen molar-refractivity contribution in [2.24, 2.45) is 0 Å². The first-order valence-electron chi connectivity index (χ1n) is 8.01. The highest BCUT2D eigenvalue weighted by atomic mass is 32.2. The molecule has 122 valence electrons. The fourth-order valence-electron chi connectivity index (χ4n) is 3.38. The molecule has 1 N–H and O–H groups in total. The summed E-state index contributed by atoms with van der Waals surface area (Å²) in [5, 5.41) is 11.4. The lowest BCUT2D eigenvalue weighted by atomic mass is 10.2. The van der Waals surface area contributed by atoms with Gasteiger partial charge in [0.1, 0.15) is 0 Å². The van der Waals surface area contributed by atoms with Crippen LogP contribution in [0.15, 0.2) is 6.20 Å². The lowest BCUT2D eigenvalue weighted by molar-refractivity contribution is 0.599. The molecule has 2 aliphatic rings. The second-order valence-corrected chi connectivity index (χ2v) is 8.34. The van der Waals surface area contributed by atoms with Crippen molar-refractivity contribution in [3.05, 3.63) is 6.20 Å². The van der Waals surface area contributed by atoms with Gasteiger partial charge in [-0.05, 0) is 26.2 Å². The molecule has 1 aromatic heterocycles. The number of anilines is 2. The van der Waals surface area contributed by atoms with Crippen LogP contribution in [0.3, 0.4) is 0 Å². The van der Waals surface area contributed by atoms with Gasteiger partial charge in [-0.15, -0.1) is 5.10 Å². The van der Waals surface area contributed by atoms with Crippen molar-refractivity contribution in [1.29, 1.82) is 0 Å². The molecule has 0 aromatic carbocycles.